The molecule has 0 aliphatic carbocycles. The van der Waals surface area contributed by atoms with E-state index in [9.17, 15) is 18.0 Å². The first-order valence-corrected chi connectivity index (χ1v) is 10.2. The Balaban J connectivity index is 2.19. The highest BCUT2D eigenvalue weighted by atomic mass is 32.2. The fraction of sp³-hybridized carbons (Fsp3) is 0.300. The van der Waals surface area contributed by atoms with Gasteiger partial charge in [-0.25, -0.2) is 18.0 Å². The maximum atomic E-state index is 12.9. The van der Waals surface area contributed by atoms with Crippen molar-refractivity contribution in [1.82, 2.24) is 4.31 Å². The molecule has 0 bridgehead atoms. The molecule has 0 radical (unpaired) electrons. The van der Waals surface area contributed by atoms with E-state index in [0.29, 0.717) is 11.5 Å². The van der Waals surface area contributed by atoms with Gasteiger partial charge in [-0.2, -0.15) is 4.31 Å². The molecule has 0 unspecified atom stereocenters. The molecule has 0 spiro atoms. The third-order valence-electron chi connectivity index (χ3n) is 4.19. The highest BCUT2D eigenvalue weighted by Crippen LogP contribution is 2.21. The summed E-state index contributed by atoms with van der Waals surface area (Å²) < 4.78 is 46.8. The molecule has 0 aliphatic heterocycles. The number of carbonyl (C=O) groups excluding carboxylic acids is 2. The fourth-order valence-electron chi connectivity index (χ4n) is 2.48. The molecule has 10 heteroatoms. The van der Waals surface area contributed by atoms with Crippen LogP contribution in [-0.4, -0.2) is 66.2 Å². The van der Waals surface area contributed by atoms with Crippen LogP contribution in [-0.2, 0) is 19.5 Å². The standard InChI is InChI=1S/C20H23NO8S/c1-21(9-10-29-17-7-5-16(26-2)6-8-17)30(24,25)18-12-14(19(22)27-3)11-15(13-18)20(23)28-4/h5-8,11-13H,9-10H2,1-4H3. The van der Waals surface area contributed by atoms with Gasteiger partial charge in [-0.1, -0.05) is 0 Å². The molecule has 0 atom stereocenters. The van der Waals surface area contributed by atoms with Crippen LogP contribution in [0.3, 0.4) is 0 Å². The van der Waals surface area contributed by atoms with Gasteiger partial charge in [-0.3, -0.25) is 0 Å². The van der Waals surface area contributed by atoms with Crippen molar-refractivity contribution in [1.29, 1.82) is 0 Å². The minimum absolute atomic E-state index is 0.0321. The van der Waals surface area contributed by atoms with E-state index in [4.69, 9.17) is 9.47 Å². The molecule has 2 aromatic carbocycles. The predicted molar refractivity (Wildman–Crippen MR) is 107 cm³/mol. The molecule has 0 fully saturated rings. The van der Waals surface area contributed by atoms with Crippen molar-refractivity contribution in [3.8, 4) is 11.5 Å². The summed E-state index contributed by atoms with van der Waals surface area (Å²) in [4.78, 5) is 23.5. The van der Waals surface area contributed by atoms with Crippen molar-refractivity contribution in [2.45, 2.75) is 4.90 Å². The van der Waals surface area contributed by atoms with Gasteiger partial charge >= 0.3 is 11.9 Å². The molecule has 0 heterocycles. The van der Waals surface area contributed by atoms with Crippen LogP contribution in [0.5, 0.6) is 11.5 Å². The molecule has 0 amide bonds. The normalized spacial score (nSPS) is 11.1. The van der Waals surface area contributed by atoms with E-state index in [1.807, 2.05) is 0 Å². The van der Waals surface area contributed by atoms with Crippen LogP contribution in [0.25, 0.3) is 0 Å². The van der Waals surface area contributed by atoms with E-state index in [0.717, 1.165) is 30.7 Å². The Labute approximate surface area is 175 Å². The largest absolute Gasteiger partial charge is 0.497 e. The number of hydrogen-bond donors (Lipinski definition) is 0. The van der Waals surface area contributed by atoms with Crippen LogP contribution in [0.2, 0.25) is 0 Å². The third-order valence-corrected chi connectivity index (χ3v) is 6.03. The SMILES string of the molecule is COC(=O)c1cc(C(=O)OC)cc(S(=O)(=O)N(C)CCOc2ccc(OC)cc2)c1. The van der Waals surface area contributed by atoms with Gasteiger partial charge in [0, 0.05) is 13.6 Å². The summed E-state index contributed by atoms with van der Waals surface area (Å²) >= 11 is 0. The number of rotatable bonds is 9. The van der Waals surface area contributed by atoms with Crippen LogP contribution in [0, 0.1) is 0 Å². The number of likely N-dealkylation sites (N-methyl/N-ethyl adjacent to an activating group) is 1. The number of benzene rings is 2. The van der Waals surface area contributed by atoms with Crippen LogP contribution in [0.4, 0.5) is 0 Å². The second-order valence-electron chi connectivity index (χ2n) is 6.08. The van der Waals surface area contributed by atoms with Crippen LogP contribution < -0.4 is 9.47 Å². The van der Waals surface area contributed by atoms with Crippen molar-refractivity contribution in [2.75, 3.05) is 41.5 Å². The lowest BCUT2D eigenvalue weighted by Gasteiger charge is -2.18. The van der Waals surface area contributed by atoms with Crippen molar-refractivity contribution in [3.63, 3.8) is 0 Å². The molecule has 2 rings (SSSR count). The minimum atomic E-state index is -4.01. The Bertz CT molecular complexity index is 968. The highest BCUT2D eigenvalue weighted by molar-refractivity contribution is 7.89. The summed E-state index contributed by atoms with van der Waals surface area (Å²) in [6.45, 7) is 0.118. The van der Waals surface area contributed by atoms with Crippen LogP contribution in [0.15, 0.2) is 47.4 Å². The number of ether oxygens (including phenoxy) is 4. The summed E-state index contributed by atoms with van der Waals surface area (Å²) in [5.74, 6) is -0.318. The van der Waals surface area contributed by atoms with E-state index in [1.54, 1.807) is 31.4 Å². The Morgan fingerprint density at radius 1 is 0.867 bits per heavy atom. The lowest BCUT2D eigenvalue weighted by Crippen LogP contribution is -2.31. The number of esters is 2. The minimum Gasteiger partial charge on any atom is -0.497 e. The average Bonchev–Trinajstić information content (AvgIpc) is 2.77. The monoisotopic (exact) mass is 437 g/mol. The van der Waals surface area contributed by atoms with Gasteiger partial charge in [0.25, 0.3) is 0 Å². The van der Waals surface area contributed by atoms with Crippen LogP contribution >= 0.6 is 0 Å². The first-order valence-electron chi connectivity index (χ1n) is 8.78. The maximum Gasteiger partial charge on any atom is 0.337 e. The predicted octanol–water partition coefficient (Wildman–Crippen LogP) is 1.97. The number of sulfonamides is 1. The van der Waals surface area contributed by atoms with Crippen molar-refractivity contribution in [2.24, 2.45) is 0 Å². The molecule has 162 valence electrons. The number of hydrogen-bond acceptors (Lipinski definition) is 8. The van der Waals surface area contributed by atoms with Crippen LogP contribution in [0.1, 0.15) is 20.7 Å². The number of carbonyl (C=O) groups is 2. The van der Waals surface area contributed by atoms with Gasteiger partial charge in [0.1, 0.15) is 18.1 Å². The summed E-state index contributed by atoms with van der Waals surface area (Å²) in [6.07, 6.45) is 0. The van der Waals surface area contributed by atoms with E-state index in [1.165, 1.54) is 13.1 Å². The maximum absolute atomic E-state index is 12.9. The zero-order chi connectivity index (χ0) is 22.3. The molecule has 0 saturated heterocycles. The molecule has 0 saturated carbocycles. The van der Waals surface area contributed by atoms with Crippen molar-refractivity contribution in [3.05, 3.63) is 53.6 Å². The molecule has 0 aliphatic rings. The second-order valence-corrected chi connectivity index (χ2v) is 8.12. The zero-order valence-electron chi connectivity index (χ0n) is 17.1. The quantitative estimate of drug-likeness (QED) is 0.548. The van der Waals surface area contributed by atoms with E-state index < -0.39 is 22.0 Å². The van der Waals surface area contributed by atoms with Crippen molar-refractivity contribution < 1.29 is 37.0 Å². The molecular weight excluding hydrogens is 414 g/mol. The Hall–Kier alpha value is -3.11. The van der Waals surface area contributed by atoms with E-state index in [2.05, 4.69) is 9.47 Å². The number of nitrogens with zero attached hydrogens (tertiary/aromatic N) is 1. The molecule has 2 aromatic rings. The molecule has 30 heavy (non-hydrogen) atoms. The Morgan fingerprint density at radius 2 is 1.37 bits per heavy atom. The van der Waals surface area contributed by atoms with Crippen molar-refractivity contribution >= 4 is 22.0 Å². The van der Waals surface area contributed by atoms with Gasteiger partial charge in [-0.05, 0) is 42.5 Å². The first-order chi connectivity index (χ1) is 14.2. The van der Waals surface area contributed by atoms with E-state index >= 15 is 0 Å². The smallest absolute Gasteiger partial charge is 0.337 e. The summed E-state index contributed by atoms with van der Waals surface area (Å²) in [6, 6.07) is 10.4. The third kappa shape index (κ3) is 5.49. The van der Waals surface area contributed by atoms with E-state index in [-0.39, 0.29) is 29.2 Å². The highest BCUT2D eigenvalue weighted by Gasteiger charge is 2.25. The topological polar surface area (TPSA) is 108 Å². The van der Waals surface area contributed by atoms with Gasteiger partial charge in [-0.15, -0.1) is 0 Å². The second kappa shape index (κ2) is 10.1. The summed E-state index contributed by atoms with van der Waals surface area (Å²) in [5, 5.41) is 0. The first kappa shape index (κ1) is 23.2. The molecule has 0 aromatic heterocycles. The van der Waals surface area contributed by atoms with Gasteiger partial charge in [0.05, 0.1) is 37.4 Å². The summed E-state index contributed by atoms with van der Waals surface area (Å²) in [5.41, 5.74) is -0.163. The van der Waals surface area contributed by atoms with Gasteiger partial charge < -0.3 is 18.9 Å². The Kier molecular flexibility index (Phi) is 7.79. The Morgan fingerprint density at radius 3 is 1.83 bits per heavy atom. The molecule has 0 N–H and O–H groups in total. The number of methoxy groups -OCH3 is 3. The summed E-state index contributed by atoms with van der Waals surface area (Å²) in [7, 11) is 1.22. The zero-order valence-corrected chi connectivity index (χ0v) is 17.9. The lowest BCUT2D eigenvalue weighted by atomic mass is 10.1. The van der Waals surface area contributed by atoms with Gasteiger partial charge in [0.15, 0.2) is 0 Å². The fourth-order valence-corrected chi connectivity index (χ4v) is 3.71. The average molecular weight is 437 g/mol. The van der Waals surface area contributed by atoms with Gasteiger partial charge in [0.2, 0.25) is 10.0 Å². The lowest BCUT2D eigenvalue weighted by molar-refractivity contribution is 0.0598. The molecule has 9 nitrogen and oxygen atoms in total. The molecular formula is C20H23NO8S.